The van der Waals surface area contributed by atoms with E-state index in [1.54, 1.807) is 37.4 Å². The number of carboxylic acid groups (broad SMARTS) is 1. The number of carboxylic acids is 1. The van der Waals surface area contributed by atoms with E-state index in [1.165, 1.54) is 33.0 Å². The van der Waals surface area contributed by atoms with Crippen molar-refractivity contribution >= 4 is 29.6 Å². The van der Waals surface area contributed by atoms with E-state index in [0.717, 1.165) is 11.6 Å². The third kappa shape index (κ3) is 10.0. The number of ketones is 1. The molecule has 1 N–H and O–H groups in total. The molecule has 2 aromatic rings. The highest BCUT2D eigenvalue weighted by atomic mass is 16.5. The van der Waals surface area contributed by atoms with Crippen molar-refractivity contribution in [1.82, 2.24) is 9.80 Å². The summed E-state index contributed by atoms with van der Waals surface area (Å²) < 4.78 is 27.2. The van der Waals surface area contributed by atoms with Gasteiger partial charge in [0.15, 0.2) is 18.1 Å². The topological polar surface area (TPSA) is 158 Å². The molecule has 1 heterocycles. The number of ether oxygens (including phenoxy) is 5. The summed E-state index contributed by atoms with van der Waals surface area (Å²) in [5, 5.41) is 9.05. The van der Waals surface area contributed by atoms with E-state index in [2.05, 4.69) is 6.58 Å². The van der Waals surface area contributed by atoms with Crippen LogP contribution in [0.1, 0.15) is 37.5 Å². The van der Waals surface area contributed by atoms with Gasteiger partial charge in [-0.2, -0.15) is 0 Å². The standard InChI is InChI=1S/C34H42N2O11/c1-7-30(39)46-21-34(2,3)31(40)32(41)36-16-15-35(4)19-25(36)33(42)47-26(23-9-8-10-24(18-23)45-20-29(37)38)13-11-22-12-14-27(43-5)28(17-22)44-6/h7-10,12,14,17-18,25-26H,1,11,13,15-16,19-21H2,2-6H3,(H,37,38)/t25-,26?/m0/s1. The largest absolute Gasteiger partial charge is 0.493 e. The van der Waals surface area contributed by atoms with Crippen molar-refractivity contribution in [3.63, 3.8) is 0 Å². The Morgan fingerprint density at radius 1 is 1.04 bits per heavy atom. The predicted octanol–water partition coefficient (Wildman–Crippen LogP) is 2.85. The van der Waals surface area contributed by atoms with E-state index in [1.807, 2.05) is 17.0 Å². The minimum Gasteiger partial charge on any atom is -0.493 e. The second kappa shape index (κ2) is 16.6. The molecule has 0 bridgehead atoms. The molecular formula is C34H42N2O11. The van der Waals surface area contributed by atoms with E-state index in [0.29, 0.717) is 36.4 Å². The average Bonchev–Trinajstić information content (AvgIpc) is 3.07. The van der Waals surface area contributed by atoms with Gasteiger partial charge >= 0.3 is 17.9 Å². The number of rotatable bonds is 16. The summed E-state index contributed by atoms with van der Waals surface area (Å²) in [6, 6.07) is 10.9. The molecule has 1 unspecified atom stereocenters. The van der Waals surface area contributed by atoms with Gasteiger partial charge in [0.05, 0.1) is 19.6 Å². The summed E-state index contributed by atoms with van der Waals surface area (Å²) in [5.74, 6) is -2.92. The van der Waals surface area contributed by atoms with Crippen molar-refractivity contribution in [1.29, 1.82) is 0 Å². The number of nitrogens with zero attached hydrogens (tertiary/aromatic N) is 2. The Bertz CT molecular complexity index is 1470. The van der Waals surface area contributed by atoms with Gasteiger partial charge in [-0.1, -0.05) is 24.8 Å². The first-order valence-electron chi connectivity index (χ1n) is 15.0. The summed E-state index contributed by atoms with van der Waals surface area (Å²) in [5.41, 5.74) is 0.0671. The lowest BCUT2D eigenvalue weighted by Gasteiger charge is -2.39. The Hall–Kier alpha value is -4.91. The fourth-order valence-electron chi connectivity index (χ4n) is 4.96. The Labute approximate surface area is 274 Å². The molecule has 3 rings (SSSR count). The highest BCUT2D eigenvalue weighted by molar-refractivity contribution is 6.38. The highest BCUT2D eigenvalue weighted by Gasteiger charge is 2.43. The van der Waals surface area contributed by atoms with Crippen LogP contribution in [0.15, 0.2) is 55.1 Å². The smallest absolute Gasteiger partial charge is 0.341 e. The molecule has 13 nitrogen and oxygen atoms in total. The van der Waals surface area contributed by atoms with Crippen LogP contribution in [0.4, 0.5) is 0 Å². The van der Waals surface area contributed by atoms with Gasteiger partial charge in [0.2, 0.25) is 5.78 Å². The number of esters is 2. The summed E-state index contributed by atoms with van der Waals surface area (Å²) in [4.78, 5) is 66.5. The first-order valence-corrected chi connectivity index (χ1v) is 15.0. The monoisotopic (exact) mass is 654 g/mol. The van der Waals surface area contributed by atoms with Crippen molar-refractivity contribution in [2.75, 3.05) is 54.1 Å². The number of piperazine rings is 1. The lowest BCUT2D eigenvalue weighted by molar-refractivity contribution is -0.166. The van der Waals surface area contributed by atoms with Crippen LogP contribution in [-0.2, 0) is 39.9 Å². The normalized spacial score (nSPS) is 15.6. The number of carbonyl (C=O) groups is 5. The lowest BCUT2D eigenvalue weighted by Crippen LogP contribution is -2.60. The zero-order valence-corrected chi connectivity index (χ0v) is 27.4. The highest BCUT2D eigenvalue weighted by Crippen LogP contribution is 2.32. The summed E-state index contributed by atoms with van der Waals surface area (Å²) in [7, 11) is 4.86. The summed E-state index contributed by atoms with van der Waals surface area (Å²) >= 11 is 0. The van der Waals surface area contributed by atoms with Crippen LogP contribution in [0.3, 0.4) is 0 Å². The molecule has 1 aliphatic rings. The number of amides is 1. The number of Topliss-reactive ketones (excluding diaryl/α,β-unsaturated/α-hetero) is 1. The molecule has 47 heavy (non-hydrogen) atoms. The van der Waals surface area contributed by atoms with E-state index < -0.39 is 53.8 Å². The molecule has 2 aromatic carbocycles. The van der Waals surface area contributed by atoms with E-state index in [4.69, 9.17) is 28.8 Å². The molecule has 1 aliphatic heterocycles. The minimum atomic E-state index is -1.36. The van der Waals surface area contributed by atoms with Crippen molar-refractivity contribution in [3.8, 4) is 17.2 Å². The van der Waals surface area contributed by atoms with Crippen LogP contribution in [0.2, 0.25) is 0 Å². The summed E-state index contributed by atoms with van der Waals surface area (Å²) in [6.45, 7) is 6.03. The SMILES string of the molecule is C=CC(=O)OCC(C)(C)C(=O)C(=O)N1CCN(C)C[C@H]1C(=O)OC(CCc1ccc(OC)c(OC)c1)c1cccc(OCC(=O)O)c1. The van der Waals surface area contributed by atoms with Gasteiger partial charge in [-0.05, 0) is 69.1 Å². The molecule has 0 saturated carbocycles. The average molecular weight is 655 g/mol. The number of likely N-dealkylation sites (N-methyl/N-ethyl adjacent to an activating group) is 1. The maximum Gasteiger partial charge on any atom is 0.341 e. The van der Waals surface area contributed by atoms with Gasteiger partial charge < -0.3 is 38.6 Å². The molecule has 0 aromatic heterocycles. The number of aryl methyl sites for hydroxylation is 1. The fourth-order valence-corrected chi connectivity index (χ4v) is 4.96. The molecule has 2 atom stereocenters. The quantitative estimate of drug-likeness (QED) is 0.161. The van der Waals surface area contributed by atoms with Crippen LogP contribution in [-0.4, -0.2) is 105 Å². The Morgan fingerprint density at radius 2 is 1.77 bits per heavy atom. The van der Waals surface area contributed by atoms with E-state index in [9.17, 15) is 24.0 Å². The maximum absolute atomic E-state index is 13.9. The van der Waals surface area contributed by atoms with Gasteiger partial charge in [-0.25, -0.2) is 14.4 Å². The molecular weight excluding hydrogens is 612 g/mol. The molecule has 1 amide bonds. The zero-order valence-electron chi connectivity index (χ0n) is 27.4. The third-order valence-corrected chi connectivity index (χ3v) is 7.66. The van der Waals surface area contributed by atoms with E-state index >= 15 is 0 Å². The molecule has 254 valence electrons. The maximum atomic E-state index is 13.9. The number of methoxy groups -OCH3 is 2. The van der Waals surface area contributed by atoms with Gasteiger partial charge in [0.1, 0.15) is 24.5 Å². The molecule has 0 spiro atoms. The van der Waals surface area contributed by atoms with Crippen molar-refractivity contribution < 1.29 is 52.8 Å². The lowest BCUT2D eigenvalue weighted by atomic mass is 9.87. The first-order chi connectivity index (χ1) is 22.3. The number of hydrogen-bond donors (Lipinski definition) is 1. The van der Waals surface area contributed by atoms with Gasteiger partial charge in [0.25, 0.3) is 5.91 Å². The zero-order chi connectivity index (χ0) is 34.7. The molecule has 1 saturated heterocycles. The third-order valence-electron chi connectivity index (χ3n) is 7.66. The number of carbonyl (C=O) groups excluding carboxylic acids is 4. The van der Waals surface area contributed by atoms with Crippen LogP contribution >= 0.6 is 0 Å². The number of aliphatic carboxylic acids is 1. The second-order valence-electron chi connectivity index (χ2n) is 11.7. The van der Waals surface area contributed by atoms with Crippen molar-refractivity contribution in [2.24, 2.45) is 5.41 Å². The minimum absolute atomic E-state index is 0.0954. The number of hydrogen-bond acceptors (Lipinski definition) is 11. The second-order valence-corrected chi connectivity index (χ2v) is 11.7. The Balaban J connectivity index is 1.88. The van der Waals surface area contributed by atoms with Gasteiger partial charge in [-0.15, -0.1) is 0 Å². The van der Waals surface area contributed by atoms with Crippen LogP contribution in [0.25, 0.3) is 0 Å². The molecule has 1 fully saturated rings. The van der Waals surface area contributed by atoms with Crippen LogP contribution < -0.4 is 14.2 Å². The van der Waals surface area contributed by atoms with Crippen molar-refractivity contribution in [3.05, 3.63) is 66.2 Å². The first kappa shape index (κ1) is 36.6. The molecule has 0 radical (unpaired) electrons. The predicted molar refractivity (Wildman–Crippen MR) is 169 cm³/mol. The van der Waals surface area contributed by atoms with Gasteiger partial charge in [-0.3, -0.25) is 9.59 Å². The van der Waals surface area contributed by atoms with Crippen molar-refractivity contribution in [2.45, 2.75) is 38.8 Å². The molecule has 13 heteroatoms. The van der Waals surface area contributed by atoms with Crippen LogP contribution in [0, 0.1) is 5.41 Å². The van der Waals surface area contributed by atoms with E-state index in [-0.39, 0.29) is 25.4 Å². The fraction of sp³-hybridized carbons (Fsp3) is 0.441. The molecule has 0 aliphatic carbocycles. The Kier molecular flexibility index (Phi) is 12.9. The number of benzene rings is 2. The van der Waals surface area contributed by atoms with Crippen LogP contribution in [0.5, 0.6) is 17.2 Å². The summed E-state index contributed by atoms with van der Waals surface area (Å²) in [6.07, 6.45) is 0.881. The van der Waals surface area contributed by atoms with Gasteiger partial charge in [0, 0.05) is 25.7 Å². The Morgan fingerprint density at radius 3 is 2.43 bits per heavy atom.